The van der Waals surface area contributed by atoms with Crippen LogP contribution in [0.25, 0.3) is 17.1 Å². The van der Waals surface area contributed by atoms with Crippen molar-refractivity contribution >= 4 is 56.1 Å². The molecule has 0 fully saturated rings. The maximum Gasteiger partial charge on any atom is 0.184 e. The van der Waals surface area contributed by atoms with Crippen LogP contribution in [-0.4, -0.2) is 20.8 Å². The van der Waals surface area contributed by atoms with Gasteiger partial charge in [-0.25, -0.2) is 4.98 Å². The number of H-pyrrole nitrogens is 1. The number of nitrogens with one attached hydrogen (secondary N) is 2. The number of nitrogens with two attached hydrogens (primary N) is 1. The molecule has 2 aromatic carbocycles. The van der Waals surface area contributed by atoms with Crippen LogP contribution in [0.2, 0.25) is 0 Å². The Morgan fingerprint density at radius 1 is 1.21 bits per heavy atom. The zero-order valence-electron chi connectivity index (χ0n) is 12.5. The molecule has 0 aliphatic heterocycles. The number of allylic oxidation sites excluding steroid dienone is 1. The summed E-state index contributed by atoms with van der Waals surface area (Å²) in [5, 5.41) is 4.33. The van der Waals surface area contributed by atoms with Crippen molar-refractivity contribution in [2.75, 3.05) is 0 Å². The van der Waals surface area contributed by atoms with Crippen molar-refractivity contribution in [2.45, 2.75) is 0 Å². The van der Waals surface area contributed by atoms with Gasteiger partial charge >= 0.3 is 0 Å². The van der Waals surface area contributed by atoms with Crippen molar-refractivity contribution in [3.05, 3.63) is 70.5 Å². The molecular weight excluding hydrogens is 386 g/mol. The van der Waals surface area contributed by atoms with Gasteiger partial charge in [0.05, 0.1) is 11.0 Å². The Morgan fingerprint density at radius 2 is 1.96 bits per heavy atom. The van der Waals surface area contributed by atoms with Crippen LogP contribution in [0.4, 0.5) is 0 Å². The topological polar surface area (TPSA) is 79.1 Å². The van der Waals surface area contributed by atoms with Gasteiger partial charge in [-0.05, 0) is 48.1 Å². The highest BCUT2D eigenvalue weighted by Gasteiger charge is 2.07. The molecule has 3 rings (SSSR count). The van der Waals surface area contributed by atoms with Gasteiger partial charge in [0.15, 0.2) is 10.9 Å². The number of imidazole rings is 1. The summed E-state index contributed by atoms with van der Waals surface area (Å²) in [5.41, 5.74) is 11.5. The maximum absolute atomic E-state index is 5.47. The van der Waals surface area contributed by atoms with Crippen LogP contribution in [0.3, 0.4) is 0 Å². The number of halogens is 1. The molecule has 120 valence electrons. The van der Waals surface area contributed by atoms with Gasteiger partial charge in [0.25, 0.3) is 0 Å². The molecule has 0 atom stereocenters. The van der Waals surface area contributed by atoms with Crippen molar-refractivity contribution < 1.29 is 0 Å². The Labute approximate surface area is 152 Å². The number of hydrazone groups is 1. The fraction of sp³-hybridized carbons (Fsp3) is 0. The van der Waals surface area contributed by atoms with E-state index in [0.717, 1.165) is 21.1 Å². The third-order valence-corrected chi connectivity index (χ3v) is 3.84. The first-order valence-corrected chi connectivity index (χ1v) is 8.34. The lowest BCUT2D eigenvalue weighted by Crippen LogP contribution is -2.25. The average molecular weight is 400 g/mol. The summed E-state index contributed by atoms with van der Waals surface area (Å²) in [6.45, 7) is 0. The lowest BCUT2D eigenvalue weighted by molar-refractivity contribution is 1.03. The highest BCUT2D eigenvalue weighted by Crippen LogP contribution is 2.14. The number of hydrogen-bond acceptors (Lipinski definition) is 3. The Bertz CT molecular complexity index is 895. The van der Waals surface area contributed by atoms with E-state index in [1.165, 1.54) is 0 Å². The maximum atomic E-state index is 5.47. The van der Waals surface area contributed by atoms with E-state index >= 15 is 0 Å². The van der Waals surface area contributed by atoms with Gasteiger partial charge in [-0.15, -0.1) is 0 Å². The van der Waals surface area contributed by atoms with Crippen LogP contribution < -0.4 is 11.2 Å². The van der Waals surface area contributed by atoms with Crippen molar-refractivity contribution in [1.29, 1.82) is 0 Å². The number of thiocarbonyl (C=S) groups is 1. The van der Waals surface area contributed by atoms with E-state index in [4.69, 9.17) is 18.0 Å². The molecule has 0 aliphatic carbocycles. The fourth-order valence-electron chi connectivity index (χ4n) is 2.11. The molecule has 0 amide bonds. The summed E-state index contributed by atoms with van der Waals surface area (Å²) in [4.78, 5) is 7.79. The van der Waals surface area contributed by atoms with Crippen LogP contribution in [0.1, 0.15) is 11.4 Å². The quantitative estimate of drug-likeness (QED) is 0.355. The minimum Gasteiger partial charge on any atom is -0.375 e. The van der Waals surface area contributed by atoms with E-state index in [9.17, 15) is 0 Å². The highest BCUT2D eigenvalue weighted by atomic mass is 79.9. The Hall–Kier alpha value is -2.51. The number of aromatic nitrogens is 2. The van der Waals surface area contributed by atoms with E-state index < -0.39 is 0 Å². The molecule has 0 bridgehead atoms. The van der Waals surface area contributed by atoms with E-state index in [1.807, 2.05) is 60.7 Å². The van der Waals surface area contributed by atoms with E-state index in [0.29, 0.717) is 11.5 Å². The lowest BCUT2D eigenvalue weighted by Gasteiger charge is -2.00. The zero-order chi connectivity index (χ0) is 16.9. The lowest BCUT2D eigenvalue weighted by atomic mass is 10.2. The summed E-state index contributed by atoms with van der Waals surface area (Å²) in [7, 11) is 0. The monoisotopic (exact) mass is 399 g/mol. The molecule has 1 heterocycles. The molecular formula is C17H14BrN5S. The summed E-state index contributed by atoms with van der Waals surface area (Å²) < 4.78 is 1.03. The molecule has 0 aliphatic rings. The van der Waals surface area contributed by atoms with Crippen LogP contribution >= 0.6 is 28.1 Å². The second-order valence-electron chi connectivity index (χ2n) is 4.96. The van der Waals surface area contributed by atoms with Gasteiger partial charge < -0.3 is 10.7 Å². The molecule has 0 saturated heterocycles. The van der Waals surface area contributed by atoms with E-state index in [-0.39, 0.29) is 5.11 Å². The highest BCUT2D eigenvalue weighted by molar-refractivity contribution is 9.10. The van der Waals surface area contributed by atoms with Crippen LogP contribution in [-0.2, 0) is 0 Å². The Kier molecular flexibility index (Phi) is 5.02. The third-order valence-electron chi connectivity index (χ3n) is 3.22. The van der Waals surface area contributed by atoms with E-state index in [1.54, 1.807) is 0 Å². The van der Waals surface area contributed by atoms with Gasteiger partial charge in [0, 0.05) is 4.47 Å². The van der Waals surface area contributed by atoms with E-state index in [2.05, 4.69) is 36.4 Å². The zero-order valence-corrected chi connectivity index (χ0v) is 14.9. The molecule has 1 aromatic heterocycles. The number of aromatic amines is 1. The minimum absolute atomic E-state index is 0.0978. The first kappa shape index (κ1) is 16.4. The number of para-hydroxylation sites is 2. The second kappa shape index (κ2) is 7.37. The normalized spacial score (nSPS) is 12.0. The molecule has 7 heteroatoms. The predicted molar refractivity (Wildman–Crippen MR) is 106 cm³/mol. The standard InChI is InChI=1S/C17H14BrN5S/c18-12-8-5-11(6-9-12)7-10-15(22-23-17(19)24)16-20-13-3-1-2-4-14(13)21-16/h1-10H,(H,20,21)(H3,19,23,24)/b10-7+,22-15-. The molecule has 0 radical (unpaired) electrons. The van der Waals surface area contributed by atoms with Gasteiger partial charge in [0.2, 0.25) is 0 Å². The molecule has 0 unspecified atom stereocenters. The second-order valence-corrected chi connectivity index (χ2v) is 6.32. The van der Waals surface area contributed by atoms with Gasteiger partial charge in [0.1, 0.15) is 5.71 Å². The number of fused-ring (bicyclic) bond motifs is 1. The van der Waals surface area contributed by atoms with Crippen molar-refractivity contribution in [2.24, 2.45) is 10.8 Å². The summed E-state index contributed by atoms with van der Waals surface area (Å²) in [5.74, 6) is 0.633. The molecule has 4 N–H and O–H groups in total. The van der Waals surface area contributed by atoms with Crippen LogP contribution in [0.5, 0.6) is 0 Å². The summed E-state index contributed by atoms with van der Waals surface area (Å²) in [6, 6.07) is 15.7. The smallest absolute Gasteiger partial charge is 0.184 e. The average Bonchev–Trinajstić information content (AvgIpc) is 3.00. The number of rotatable bonds is 4. The molecule has 5 nitrogen and oxygen atoms in total. The van der Waals surface area contributed by atoms with Crippen molar-refractivity contribution in [3.63, 3.8) is 0 Å². The summed E-state index contributed by atoms with van der Waals surface area (Å²) in [6.07, 6.45) is 3.80. The molecule has 24 heavy (non-hydrogen) atoms. The molecule has 0 spiro atoms. The predicted octanol–water partition coefficient (Wildman–Crippen LogP) is 3.58. The Morgan fingerprint density at radius 3 is 2.67 bits per heavy atom. The third kappa shape index (κ3) is 4.06. The summed E-state index contributed by atoms with van der Waals surface area (Å²) >= 11 is 8.24. The van der Waals surface area contributed by atoms with Crippen molar-refractivity contribution in [3.8, 4) is 0 Å². The number of nitrogens with zero attached hydrogens (tertiary/aromatic N) is 2. The van der Waals surface area contributed by atoms with Crippen LogP contribution in [0.15, 0.2) is 64.2 Å². The number of benzene rings is 2. The SMILES string of the molecule is NC(=S)N/N=C(/C=C/c1ccc(Br)cc1)c1nc2ccccc2[nH]1. The number of hydrogen-bond donors (Lipinski definition) is 3. The van der Waals surface area contributed by atoms with Crippen molar-refractivity contribution in [1.82, 2.24) is 15.4 Å². The van der Waals surface area contributed by atoms with Crippen LogP contribution in [0, 0.1) is 0 Å². The molecule has 0 saturated carbocycles. The fourth-order valence-corrected chi connectivity index (χ4v) is 2.42. The first-order chi connectivity index (χ1) is 11.6. The van der Waals surface area contributed by atoms with Gasteiger partial charge in [-0.2, -0.15) is 5.10 Å². The van der Waals surface area contributed by atoms with Gasteiger partial charge in [-0.3, -0.25) is 5.43 Å². The molecule has 3 aromatic rings. The Balaban J connectivity index is 1.95. The largest absolute Gasteiger partial charge is 0.375 e. The van der Waals surface area contributed by atoms with Gasteiger partial charge in [-0.1, -0.05) is 46.3 Å². The first-order valence-electron chi connectivity index (χ1n) is 7.14. The minimum atomic E-state index is 0.0978.